The van der Waals surface area contributed by atoms with Crippen molar-refractivity contribution in [2.24, 2.45) is 5.92 Å². The van der Waals surface area contributed by atoms with Crippen molar-refractivity contribution in [3.63, 3.8) is 0 Å². The Morgan fingerprint density at radius 1 is 1.19 bits per heavy atom. The van der Waals surface area contributed by atoms with E-state index in [0.29, 0.717) is 12.5 Å². The Morgan fingerprint density at radius 2 is 1.89 bits per heavy atom. The first kappa shape index (κ1) is 17.6. The molecule has 3 atom stereocenters. The van der Waals surface area contributed by atoms with Gasteiger partial charge in [-0.15, -0.1) is 0 Å². The summed E-state index contributed by atoms with van der Waals surface area (Å²) in [6.07, 6.45) is 2.68. The maximum absolute atomic E-state index is 13.3. The van der Waals surface area contributed by atoms with E-state index in [4.69, 9.17) is 4.74 Å². The fourth-order valence-electron chi connectivity index (χ4n) is 5.53. The van der Waals surface area contributed by atoms with Crippen LogP contribution >= 0.6 is 0 Å². The van der Waals surface area contributed by atoms with Gasteiger partial charge in [-0.05, 0) is 43.7 Å². The predicted octanol–water partition coefficient (Wildman–Crippen LogP) is 2.99. The number of ether oxygens (including phenoxy) is 1. The van der Waals surface area contributed by atoms with Crippen molar-refractivity contribution in [3.05, 3.63) is 34.9 Å². The normalized spacial score (nSPS) is 32.5. The van der Waals surface area contributed by atoms with E-state index >= 15 is 0 Å². The highest BCUT2D eigenvalue weighted by molar-refractivity contribution is 5.82. The largest absolute Gasteiger partial charge is 0.379 e. The molecule has 1 spiro atoms. The number of alkyl halides is 1. The van der Waals surface area contributed by atoms with Gasteiger partial charge in [0.05, 0.1) is 19.1 Å². The molecule has 1 saturated carbocycles. The molecular formula is C22H29FN2O2. The maximum Gasteiger partial charge on any atom is 0.228 e. The van der Waals surface area contributed by atoms with Crippen molar-refractivity contribution >= 4 is 5.91 Å². The molecule has 2 saturated heterocycles. The minimum absolute atomic E-state index is 0.0456. The van der Waals surface area contributed by atoms with Crippen LogP contribution in [0.25, 0.3) is 0 Å². The second-order valence-electron chi connectivity index (χ2n) is 8.92. The molecule has 5 heteroatoms. The monoisotopic (exact) mass is 372 g/mol. The van der Waals surface area contributed by atoms with Crippen LogP contribution in [-0.2, 0) is 14.9 Å². The summed E-state index contributed by atoms with van der Waals surface area (Å²) in [5, 5.41) is 0. The van der Waals surface area contributed by atoms with E-state index in [1.807, 2.05) is 4.90 Å². The van der Waals surface area contributed by atoms with Crippen molar-refractivity contribution in [1.29, 1.82) is 0 Å². The third-order valence-electron chi connectivity index (χ3n) is 7.27. The second-order valence-corrected chi connectivity index (χ2v) is 8.92. The van der Waals surface area contributed by atoms with Gasteiger partial charge in [0.1, 0.15) is 6.17 Å². The zero-order valence-electron chi connectivity index (χ0n) is 16.1. The van der Waals surface area contributed by atoms with Crippen molar-refractivity contribution in [2.45, 2.75) is 50.2 Å². The Bertz CT molecular complexity index is 738. The van der Waals surface area contributed by atoms with Crippen LogP contribution in [-0.4, -0.2) is 61.3 Å². The lowest BCUT2D eigenvalue weighted by molar-refractivity contribution is -0.134. The van der Waals surface area contributed by atoms with E-state index in [1.54, 1.807) is 0 Å². The number of carbonyl (C=O) groups excluding carboxylic acids is 1. The minimum atomic E-state index is -0.894. The molecule has 0 bridgehead atoms. The topological polar surface area (TPSA) is 32.8 Å². The number of hydrogen-bond donors (Lipinski definition) is 0. The quantitative estimate of drug-likeness (QED) is 0.800. The molecule has 0 radical (unpaired) electrons. The lowest BCUT2D eigenvalue weighted by atomic mass is 9.73. The number of hydrogen-bond acceptors (Lipinski definition) is 3. The zero-order valence-corrected chi connectivity index (χ0v) is 16.1. The van der Waals surface area contributed by atoms with Crippen molar-refractivity contribution in [1.82, 2.24) is 9.80 Å². The summed E-state index contributed by atoms with van der Waals surface area (Å²) >= 11 is 0. The number of piperidine rings is 1. The number of rotatable bonds is 2. The van der Waals surface area contributed by atoms with Crippen LogP contribution in [0.15, 0.2) is 18.2 Å². The molecule has 4 aliphatic rings. The van der Waals surface area contributed by atoms with Crippen LogP contribution in [0.2, 0.25) is 0 Å². The first-order valence-corrected chi connectivity index (χ1v) is 10.4. The van der Waals surface area contributed by atoms with E-state index in [2.05, 4.69) is 30.0 Å². The van der Waals surface area contributed by atoms with Crippen LogP contribution in [0.4, 0.5) is 4.39 Å². The van der Waals surface area contributed by atoms with Gasteiger partial charge in [-0.1, -0.05) is 23.8 Å². The standard InChI is InChI=1S/C22H29FN2O2/c1-15-2-3-18-16(12-15)20(24-8-10-27-11-9-24)14-22(18)4-6-25(7-5-22)21(26)17-13-19(17)23/h2-3,12,17,19-20H,4-11,13-14H2,1H3/t17-,19-,20?/m1/s1. The van der Waals surface area contributed by atoms with E-state index in [-0.39, 0.29) is 17.2 Å². The molecule has 1 aromatic rings. The van der Waals surface area contributed by atoms with E-state index in [9.17, 15) is 9.18 Å². The summed E-state index contributed by atoms with van der Waals surface area (Å²) in [7, 11) is 0. The average Bonchev–Trinajstić information content (AvgIpc) is 3.35. The van der Waals surface area contributed by atoms with Gasteiger partial charge in [0.25, 0.3) is 0 Å². The number of morpholine rings is 1. The number of likely N-dealkylation sites (tertiary alicyclic amines) is 1. The summed E-state index contributed by atoms with van der Waals surface area (Å²) in [6.45, 7) is 7.34. The van der Waals surface area contributed by atoms with Crippen LogP contribution < -0.4 is 0 Å². The summed E-state index contributed by atoms with van der Waals surface area (Å²) in [5.41, 5.74) is 4.47. The highest BCUT2D eigenvalue weighted by atomic mass is 19.1. The minimum Gasteiger partial charge on any atom is -0.379 e. The van der Waals surface area contributed by atoms with Gasteiger partial charge >= 0.3 is 0 Å². The summed E-state index contributed by atoms with van der Waals surface area (Å²) in [6, 6.07) is 7.41. The molecule has 2 aliphatic carbocycles. The Morgan fingerprint density at radius 3 is 2.56 bits per heavy atom. The van der Waals surface area contributed by atoms with Crippen LogP contribution in [0.5, 0.6) is 0 Å². The van der Waals surface area contributed by atoms with Crippen LogP contribution in [0.3, 0.4) is 0 Å². The van der Waals surface area contributed by atoms with Crippen molar-refractivity contribution < 1.29 is 13.9 Å². The van der Waals surface area contributed by atoms with Gasteiger partial charge < -0.3 is 9.64 Å². The smallest absolute Gasteiger partial charge is 0.228 e. The van der Waals surface area contributed by atoms with Gasteiger partial charge in [-0.2, -0.15) is 0 Å². The van der Waals surface area contributed by atoms with Gasteiger partial charge in [0, 0.05) is 37.6 Å². The molecule has 1 unspecified atom stereocenters. The van der Waals surface area contributed by atoms with Gasteiger partial charge in [0.15, 0.2) is 0 Å². The molecule has 1 aromatic carbocycles. The van der Waals surface area contributed by atoms with Gasteiger partial charge in [-0.3, -0.25) is 9.69 Å². The highest BCUT2D eigenvalue weighted by Gasteiger charge is 2.50. The van der Waals surface area contributed by atoms with Gasteiger partial charge in [-0.25, -0.2) is 4.39 Å². The lowest BCUT2D eigenvalue weighted by Crippen LogP contribution is -2.46. The predicted molar refractivity (Wildman–Crippen MR) is 101 cm³/mol. The molecule has 3 fully saturated rings. The summed E-state index contributed by atoms with van der Waals surface area (Å²) < 4.78 is 18.9. The van der Waals surface area contributed by atoms with E-state index < -0.39 is 6.17 Å². The lowest BCUT2D eigenvalue weighted by Gasteiger charge is -2.41. The summed E-state index contributed by atoms with van der Waals surface area (Å²) in [5.74, 6) is -0.303. The average molecular weight is 372 g/mol. The van der Waals surface area contributed by atoms with Crippen molar-refractivity contribution in [2.75, 3.05) is 39.4 Å². The molecule has 0 N–H and O–H groups in total. The van der Waals surface area contributed by atoms with Crippen LogP contribution in [0.1, 0.15) is 48.4 Å². The summed E-state index contributed by atoms with van der Waals surface area (Å²) in [4.78, 5) is 17.0. The fraction of sp³-hybridized carbons (Fsp3) is 0.682. The Labute approximate surface area is 160 Å². The first-order chi connectivity index (χ1) is 13.1. The first-order valence-electron chi connectivity index (χ1n) is 10.4. The number of halogens is 1. The molecule has 1 amide bonds. The number of aryl methyl sites for hydroxylation is 1. The zero-order chi connectivity index (χ0) is 18.6. The number of benzene rings is 1. The fourth-order valence-corrected chi connectivity index (χ4v) is 5.53. The van der Waals surface area contributed by atoms with Crippen LogP contribution in [0, 0.1) is 12.8 Å². The van der Waals surface area contributed by atoms with Crippen molar-refractivity contribution in [3.8, 4) is 0 Å². The third kappa shape index (κ3) is 2.99. The molecule has 27 heavy (non-hydrogen) atoms. The molecule has 5 rings (SSSR count). The number of fused-ring (bicyclic) bond motifs is 2. The Balaban J connectivity index is 1.38. The number of carbonyl (C=O) groups is 1. The third-order valence-corrected chi connectivity index (χ3v) is 7.27. The molecule has 4 nitrogen and oxygen atoms in total. The molecular weight excluding hydrogens is 343 g/mol. The van der Waals surface area contributed by atoms with E-state index in [1.165, 1.54) is 16.7 Å². The SMILES string of the molecule is Cc1ccc2c(c1)C(N1CCOCC1)CC21CCN(C(=O)[C@@H]2C[C@H]2F)CC1. The molecule has 2 heterocycles. The Hall–Kier alpha value is -1.46. The Kier molecular flexibility index (Phi) is 4.28. The number of nitrogens with zero attached hydrogens (tertiary/aromatic N) is 2. The highest BCUT2D eigenvalue weighted by Crippen LogP contribution is 2.53. The maximum atomic E-state index is 13.3. The van der Waals surface area contributed by atoms with E-state index in [0.717, 1.165) is 58.7 Å². The second kappa shape index (κ2) is 6.56. The molecule has 2 aliphatic heterocycles. The molecule has 146 valence electrons. The van der Waals surface area contributed by atoms with Gasteiger partial charge in [0.2, 0.25) is 5.91 Å². The molecule has 0 aromatic heterocycles. The number of amides is 1.